The summed E-state index contributed by atoms with van der Waals surface area (Å²) in [6, 6.07) is 11.1. The Morgan fingerprint density at radius 2 is 1.87 bits per heavy atom. The zero-order valence-corrected chi connectivity index (χ0v) is 18.4. The highest BCUT2D eigenvalue weighted by Gasteiger charge is 2.08. The number of pyridine rings is 1. The zero-order valence-electron chi connectivity index (χ0n) is 17.6. The predicted octanol–water partition coefficient (Wildman–Crippen LogP) is 4.75. The average Bonchev–Trinajstić information content (AvgIpc) is 2.80. The van der Waals surface area contributed by atoms with Crippen LogP contribution in [0.1, 0.15) is 35.5 Å². The Bertz CT molecular complexity index is 995. The van der Waals surface area contributed by atoms with E-state index in [0.717, 1.165) is 24.1 Å². The summed E-state index contributed by atoms with van der Waals surface area (Å²) in [6.07, 6.45) is 4.59. The number of aromatic nitrogens is 3. The first-order valence-corrected chi connectivity index (χ1v) is 10.6. The molecule has 0 unspecified atom stereocenters. The average molecular weight is 441 g/mol. The first kappa shape index (κ1) is 22.7. The highest BCUT2D eigenvalue weighted by Crippen LogP contribution is 2.23. The number of halogens is 1. The zero-order chi connectivity index (χ0) is 22.1. The molecule has 2 heterocycles. The lowest BCUT2D eigenvalue weighted by Gasteiger charge is -2.10. The predicted molar refractivity (Wildman–Crippen MR) is 120 cm³/mol. The second-order valence-electron chi connectivity index (χ2n) is 6.70. The number of rotatable bonds is 11. The van der Waals surface area contributed by atoms with E-state index in [1.165, 1.54) is 12.5 Å². The van der Waals surface area contributed by atoms with Crippen LogP contribution < -0.4 is 10.1 Å². The van der Waals surface area contributed by atoms with Gasteiger partial charge in [0.25, 0.3) is 0 Å². The number of nitrogens with zero attached hydrogens (tertiary/aromatic N) is 3. The van der Waals surface area contributed by atoms with Crippen LogP contribution in [0.25, 0.3) is 0 Å². The number of hydrogen-bond donors (Lipinski definition) is 1. The van der Waals surface area contributed by atoms with Crippen molar-refractivity contribution in [2.24, 2.45) is 0 Å². The molecule has 3 aromatic rings. The van der Waals surface area contributed by atoms with Gasteiger partial charge in [-0.2, -0.15) is 0 Å². The molecule has 0 radical (unpaired) electrons. The number of carbonyl (C=O) groups excluding carboxylic acids is 1. The van der Waals surface area contributed by atoms with Crippen LogP contribution in [-0.4, -0.2) is 40.5 Å². The maximum absolute atomic E-state index is 11.9. The van der Waals surface area contributed by atoms with Gasteiger partial charge in [0.2, 0.25) is 5.88 Å². The molecule has 7 nitrogen and oxygen atoms in total. The third kappa shape index (κ3) is 6.47. The molecule has 0 saturated heterocycles. The lowest BCUT2D eigenvalue weighted by Crippen LogP contribution is -2.09. The number of ether oxygens (including phenoxy) is 2. The molecule has 162 valence electrons. The minimum atomic E-state index is -0.104. The molecule has 0 aliphatic heterocycles. The highest BCUT2D eigenvalue weighted by atomic mass is 35.5. The molecule has 0 atom stereocenters. The van der Waals surface area contributed by atoms with Gasteiger partial charge in [0.05, 0.1) is 5.69 Å². The second-order valence-corrected chi connectivity index (χ2v) is 7.08. The van der Waals surface area contributed by atoms with E-state index in [4.69, 9.17) is 21.1 Å². The van der Waals surface area contributed by atoms with Gasteiger partial charge in [-0.05, 0) is 43.5 Å². The fourth-order valence-electron chi connectivity index (χ4n) is 2.83. The molecule has 0 spiro atoms. The molecule has 3 rings (SSSR count). The number of carbonyl (C=O) groups is 1. The fraction of sp³-hybridized carbons (Fsp3) is 0.304. The lowest BCUT2D eigenvalue weighted by molar-refractivity contribution is 0.0783. The molecule has 31 heavy (non-hydrogen) atoms. The maximum atomic E-state index is 11.9. The number of nitrogens with one attached hydrogen (secondary N) is 1. The Balaban J connectivity index is 1.50. The summed E-state index contributed by atoms with van der Waals surface area (Å²) in [5, 5.41) is 3.83. The van der Waals surface area contributed by atoms with E-state index in [1.54, 1.807) is 12.1 Å². The van der Waals surface area contributed by atoms with E-state index in [2.05, 4.69) is 20.3 Å². The monoisotopic (exact) mass is 440 g/mol. The van der Waals surface area contributed by atoms with E-state index in [-0.39, 0.29) is 12.4 Å². The van der Waals surface area contributed by atoms with Crippen molar-refractivity contribution in [1.82, 2.24) is 15.0 Å². The van der Waals surface area contributed by atoms with Crippen molar-refractivity contribution in [3.8, 4) is 11.6 Å². The van der Waals surface area contributed by atoms with Gasteiger partial charge < -0.3 is 14.8 Å². The molecular weight excluding hydrogens is 416 g/mol. The van der Waals surface area contributed by atoms with Crippen molar-refractivity contribution in [2.75, 3.05) is 25.1 Å². The van der Waals surface area contributed by atoms with E-state index in [1.807, 2.05) is 38.1 Å². The van der Waals surface area contributed by atoms with Gasteiger partial charge in [-0.15, -0.1) is 0 Å². The Morgan fingerprint density at radius 1 is 1.06 bits per heavy atom. The van der Waals surface area contributed by atoms with Crippen LogP contribution in [0, 0.1) is 0 Å². The van der Waals surface area contributed by atoms with Crippen molar-refractivity contribution >= 4 is 23.2 Å². The van der Waals surface area contributed by atoms with Crippen molar-refractivity contribution in [3.63, 3.8) is 0 Å². The minimum Gasteiger partial charge on any atom is -0.439 e. The molecule has 0 bridgehead atoms. The van der Waals surface area contributed by atoms with E-state index >= 15 is 0 Å². The van der Waals surface area contributed by atoms with Gasteiger partial charge in [0, 0.05) is 31.0 Å². The Hall–Kier alpha value is -3.03. The number of hydrogen-bond acceptors (Lipinski definition) is 7. The van der Waals surface area contributed by atoms with Gasteiger partial charge >= 0.3 is 0 Å². The van der Waals surface area contributed by atoms with Crippen molar-refractivity contribution in [1.29, 1.82) is 0 Å². The van der Waals surface area contributed by atoms with Crippen LogP contribution in [0.2, 0.25) is 5.02 Å². The fourth-order valence-corrected chi connectivity index (χ4v) is 3.13. The van der Waals surface area contributed by atoms with Crippen LogP contribution in [0.15, 0.2) is 48.9 Å². The molecule has 0 aliphatic carbocycles. The first-order valence-electron chi connectivity index (χ1n) is 10.2. The van der Waals surface area contributed by atoms with Crippen LogP contribution in [0.4, 0.5) is 5.82 Å². The van der Waals surface area contributed by atoms with Crippen LogP contribution in [-0.2, 0) is 17.6 Å². The van der Waals surface area contributed by atoms with E-state index in [0.29, 0.717) is 41.2 Å². The molecule has 1 N–H and O–H groups in total. The number of Topliss-reactive ketones (excluding diaryl/α,β-unsaturated/α-hetero) is 1. The van der Waals surface area contributed by atoms with Gasteiger partial charge in [0.1, 0.15) is 29.5 Å². The largest absolute Gasteiger partial charge is 0.439 e. The summed E-state index contributed by atoms with van der Waals surface area (Å²) in [4.78, 5) is 24.5. The highest BCUT2D eigenvalue weighted by molar-refractivity contribution is 6.33. The third-order valence-corrected chi connectivity index (χ3v) is 4.94. The van der Waals surface area contributed by atoms with Gasteiger partial charge in [-0.25, -0.2) is 15.0 Å². The molecule has 0 aliphatic rings. The van der Waals surface area contributed by atoms with Crippen molar-refractivity contribution in [2.45, 2.75) is 26.7 Å². The Kier molecular flexibility index (Phi) is 8.32. The standard InChI is InChI=1S/C23H25ClN4O3/c1-3-19-22(24)23(28-15-27-19)25-12-11-16-5-8-18(9-6-16)31-21-10-7-17(13-26-21)20(29)14-30-4-2/h5-10,13,15H,3-4,11-12,14H2,1-2H3,(H,25,27,28). The third-order valence-electron chi connectivity index (χ3n) is 4.54. The Labute approximate surface area is 186 Å². The molecular formula is C23H25ClN4O3. The quantitative estimate of drug-likeness (QED) is 0.430. The molecule has 8 heteroatoms. The minimum absolute atomic E-state index is 0.0535. The van der Waals surface area contributed by atoms with Gasteiger partial charge in [-0.3, -0.25) is 4.79 Å². The molecule has 1 aromatic carbocycles. The van der Waals surface area contributed by atoms with Crippen molar-refractivity contribution < 1.29 is 14.3 Å². The van der Waals surface area contributed by atoms with E-state index < -0.39 is 0 Å². The van der Waals surface area contributed by atoms with Gasteiger partial charge in [-0.1, -0.05) is 30.7 Å². The first-order chi connectivity index (χ1) is 15.1. The number of aryl methyl sites for hydroxylation is 1. The normalized spacial score (nSPS) is 10.7. The number of anilines is 1. The summed E-state index contributed by atoms with van der Waals surface area (Å²) in [6.45, 7) is 5.10. The SMILES string of the molecule is CCOCC(=O)c1ccc(Oc2ccc(CCNc3ncnc(CC)c3Cl)cc2)nc1. The summed E-state index contributed by atoms with van der Waals surface area (Å²) in [5.74, 6) is 1.65. The summed E-state index contributed by atoms with van der Waals surface area (Å²) >= 11 is 6.30. The summed E-state index contributed by atoms with van der Waals surface area (Å²) in [7, 11) is 0. The topological polar surface area (TPSA) is 86.2 Å². The second kappa shape index (κ2) is 11.4. The number of ketones is 1. The summed E-state index contributed by atoms with van der Waals surface area (Å²) in [5.41, 5.74) is 2.48. The summed E-state index contributed by atoms with van der Waals surface area (Å²) < 4.78 is 10.9. The van der Waals surface area contributed by atoms with Gasteiger partial charge in [0.15, 0.2) is 5.78 Å². The van der Waals surface area contributed by atoms with Crippen LogP contribution in [0.3, 0.4) is 0 Å². The van der Waals surface area contributed by atoms with Crippen LogP contribution in [0.5, 0.6) is 11.6 Å². The molecule has 2 aromatic heterocycles. The number of benzene rings is 1. The molecule has 0 amide bonds. The molecule has 0 saturated carbocycles. The Morgan fingerprint density at radius 3 is 2.55 bits per heavy atom. The van der Waals surface area contributed by atoms with Crippen molar-refractivity contribution in [3.05, 3.63) is 70.8 Å². The smallest absolute Gasteiger partial charge is 0.219 e. The lowest BCUT2D eigenvalue weighted by atomic mass is 10.1. The maximum Gasteiger partial charge on any atom is 0.219 e. The molecule has 0 fully saturated rings. The van der Waals surface area contributed by atoms with Crippen LogP contribution >= 0.6 is 11.6 Å². The van der Waals surface area contributed by atoms with E-state index in [9.17, 15) is 4.79 Å².